The molecule has 1 N–H and O–H groups in total. The van der Waals surface area contributed by atoms with Crippen molar-refractivity contribution in [3.05, 3.63) is 60.2 Å². The Morgan fingerprint density at radius 3 is 2.46 bits per heavy atom. The van der Waals surface area contributed by atoms with Crippen LogP contribution in [0.4, 0.5) is 10.5 Å². The fraction of sp³-hybridized carbons (Fsp3) is 0.350. The van der Waals surface area contributed by atoms with E-state index in [0.29, 0.717) is 11.7 Å². The van der Waals surface area contributed by atoms with E-state index in [1.807, 2.05) is 35.2 Å². The molecular weight excluding hydrogens is 300 g/mol. The van der Waals surface area contributed by atoms with Crippen molar-refractivity contribution in [2.75, 3.05) is 25.5 Å². The number of nitrogens with one attached hydrogen (secondary N) is 1. The molecule has 0 saturated carbocycles. The van der Waals surface area contributed by atoms with Gasteiger partial charge in [-0.2, -0.15) is 0 Å². The Morgan fingerprint density at radius 1 is 1.08 bits per heavy atom. The van der Waals surface area contributed by atoms with Crippen molar-refractivity contribution >= 4 is 11.7 Å². The lowest BCUT2D eigenvalue weighted by Gasteiger charge is -2.32. The molecule has 0 unspecified atom stereocenters. The highest BCUT2D eigenvalue weighted by Crippen LogP contribution is 2.25. The van der Waals surface area contributed by atoms with Gasteiger partial charge in [-0.1, -0.05) is 42.5 Å². The minimum absolute atomic E-state index is 0.0438. The second-order valence-corrected chi connectivity index (χ2v) is 6.25. The smallest absolute Gasteiger partial charge is 0.321 e. The molecule has 1 saturated heterocycles. The van der Waals surface area contributed by atoms with E-state index in [9.17, 15) is 4.79 Å². The number of carbonyl (C=O) groups excluding carboxylic acids is 1. The number of anilines is 1. The Morgan fingerprint density at radius 2 is 1.75 bits per heavy atom. The van der Waals surface area contributed by atoms with Gasteiger partial charge in [0, 0.05) is 13.1 Å². The molecule has 0 spiro atoms. The standard InChI is InChI=1S/C20H24N2O2/c1-24-19-10-6-5-9-18(19)21-20(23)22-13-11-17(12-14-22)15-16-7-3-2-4-8-16/h2-10,17H,11-15H2,1H3,(H,21,23). The summed E-state index contributed by atoms with van der Waals surface area (Å²) < 4.78 is 5.28. The zero-order valence-corrected chi connectivity index (χ0v) is 14.1. The van der Waals surface area contributed by atoms with Crippen molar-refractivity contribution < 1.29 is 9.53 Å². The molecule has 2 aromatic carbocycles. The van der Waals surface area contributed by atoms with Gasteiger partial charge in [-0.25, -0.2) is 4.79 Å². The van der Waals surface area contributed by atoms with Crippen LogP contribution in [-0.4, -0.2) is 31.1 Å². The summed E-state index contributed by atoms with van der Waals surface area (Å²) in [6.07, 6.45) is 3.20. The molecule has 24 heavy (non-hydrogen) atoms. The van der Waals surface area contributed by atoms with Gasteiger partial charge in [-0.15, -0.1) is 0 Å². The molecule has 1 heterocycles. The number of urea groups is 1. The molecule has 0 aromatic heterocycles. The predicted octanol–water partition coefficient (Wildman–Crippen LogP) is 4.18. The fourth-order valence-electron chi connectivity index (χ4n) is 3.23. The SMILES string of the molecule is COc1ccccc1NC(=O)N1CCC(Cc2ccccc2)CC1. The number of hydrogen-bond donors (Lipinski definition) is 1. The molecule has 1 aliphatic heterocycles. The normalized spacial score (nSPS) is 15.1. The van der Waals surface area contributed by atoms with Crippen molar-refractivity contribution in [2.45, 2.75) is 19.3 Å². The number of piperidine rings is 1. The van der Waals surface area contributed by atoms with E-state index in [2.05, 4.69) is 29.6 Å². The van der Waals surface area contributed by atoms with E-state index >= 15 is 0 Å². The third-order valence-corrected chi connectivity index (χ3v) is 4.62. The molecule has 2 aromatic rings. The van der Waals surface area contributed by atoms with Crippen LogP contribution in [0.15, 0.2) is 54.6 Å². The first-order chi connectivity index (χ1) is 11.8. The summed E-state index contributed by atoms with van der Waals surface area (Å²) in [5.74, 6) is 1.34. The van der Waals surface area contributed by atoms with Gasteiger partial charge in [0.1, 0.15) is 5.75 Å². The highest BCUT2D eigenvalue weighted by Gasteiger charge is 2.23. The summed E-state index contributed by atoms with van der Waals surface area (Å²) in [5, 5.41) is 2.96. The van der Waals surface area contributed by atoms with Gasteiger partial charge in [0.2, 0.25) is 0 Å². The third kappa shape index (κ3) is 4.07. The van der Waals surface area contributed by atoms with Crippen molar-refractivity contribution in [2.24, 2.45) is 5.92 Å². The zero-order valence-electron chi connectivity index (χ0n) is 14.1. The number of nitrogens with zero attached hydrogens (tertiary/aromatic N) is 1. The second-order valence-electron chi connectivity index (χ2n) is 6.25. The zero-order chi connectivity index (χ0) is 16.8. The van der Waals surface area contributed by atoms with Crippen molar-refractivity contribution in [3.63, 3.8) is 0 Å². The van der Waals surface area contributed by atoms with E-state index in [4.69, 9.17) is 4.74 Å². The largest absolute Gasteiger partial charge is 0.495 e. The molecule has 1 aliphatic rings. The lowest BCUT2D eigenvalue weighted by molar-refractivity contribution is 0.182. The second kappa shape index (κ2) is 7.86. The number of para-hydroxylation sites is 2. The van der Waals surface area contributed by atoms with Crippen LogP contribution in [0.5, 0.6) is 5.75 Å². The lowest BCUT2D eigenvalue weighted by atomic mass is 9.90. The predicted molar refractivity (Wildman–Crippen MR) is 96.5 cm³/mol. The topological polar surface area (TPSA) is 41.6 Å². The van der Waals surface area contributed by atoms with Crippen LogP contribution in [0.25, 0.3) is 0 Å². The Kier molecular flexibility index (Phi) is 5.36. The molecule has 4 heteroatoms. The average molecular weight is 324 g/mol. The van der Waals surface area contributed by atoms with Crippen LogP contribution in [0.3, 0.4) is 0 Å². The monoisotopic (exact) mass is 324 g/mol. The molecule has 126 valence electrons. The van der Waals surface area contributed by atoms with E-state index in [1.165, 1.54) is 5.56 Å². The van der Waals surface area contributed by atoms with Gasteiger partial charge in [-0.3, -0.25) is 0 Å². The summed E-state index contributed by atoms with van der Waals surface area (Å²) >= 11 is 0. The first-order valence-corrected chi connectivity index (χ1v) is 8.49. The molecule has 4 nitrogen and oxygen atoms in total. The van der Waals surface area contributed by atoms with E-state index < -0.39 is 0 Å². The Bertz CT molecular complexity index is 664. The highest BCUT2D eigenvalue weighted by atomic mass is 16.5. The van der Waals surface area contributed by atoms with E-state index in [-0.39, 0.29) is 6.03 Å². The van der Waals surface area contributed by atoms with Crippen LogP contribution in [0.1, 0.15) is 18.4 Å². The van der Waals surface area contributed by atoms with Crippen molar-refractivity contribution in [1.82, 2.24) is 4.90 Å². The quantitative estimate of drug-likeness (QED) is 0.916. The molecule has 0 aliphatic carbocycles. The summed E-state index contributed by atoms with van der Waals surface area (Å²) in [6.45, 7) is 1.61. The molecule has 1 fully saturated rings. The summed E-state index contributed by atoms with van der Waals surface area (Å²) in [4.78, 5) is 14.4. The van der Waals surface area contributed by atoms with Crippen molar-refractivity contribution in [3.8, 4) is 5.75 Å². The minimum atomic E-state index is -0.0438. The van der Waals surface area contributed by atoms with Gasteiger partial charge in [0.15, 0.2) is 0 Å². The molecule has 3 rings (SSSR count). The maximum atomic E-state index is 12.5. The van der Waals surface area contributed by atoms with Crippen LogP contribution < -0.4 is 10.1 Å². The minimum Gasteiger partial charge on any atom is -0.495 e. The van der Waals surface area contributed by atoms with Crippen LogP contribution >= 0.6 is 0 Å². The molecule has 2 amide bonds. The van der Waals surface area contributed by atoms with Gasteiger partial charge in [0.05, 0.1) is 12.8 Å². The Labute approximate surface area is 143 Å². The Hall–Kier alpha value is -2.49. The number of carbonyl (C=O) groups is 1. The number of hydrogen-bond acceptors (Lipinski definition) is 2. The summed E-state index contributed by atoms with van der Waals surface area (Å²) in [7, 11) is 1.61. The maximum Gasteiger partial charge on any atom is 0.321 e. The fourth-order valence-corrected chi connectivity index (χ4v) is 3.23. The lowest BCUT2D eigenvalue weighted by Crippen LogP contribution is -2.41. The number of amides is 2. The van der Waals surface area contributed by atoms with Gasteiger partial charge in [0.25, 0.3) is 0 Å². The first kappa shape index (κ1) is 16.4. The van der Waals surface area contributed by atoms with E-state index in [0.717, 1.165) is 38.0 Å². The van der Waals surface area contributed by atoms with Gasteiger partial charge < -0.3 is 15.0 Å². The molecule has 0 atom stereocenters. The number of methoxy groups -OCH3 is 1. The number of rotatable bonds is 4. The molecule has 0 radical (unpaired) electrons. The van der Waals surface area contributed by atoms with E-state index in [1.54, 1.807) is 7.11 Å². The third-order valence-electron chi connectivity index (χ3n) is 4.62. The van der Waals surface area contributed by atoms with Gasteiger partial charge in [-0.05, 0) is 42.9 Å². The van der Waals surface area contributed by atoms with Crippen LogP contribution in [-0.2, 0) is 6.42 Å². The number of benzene rings is 2. The average Bonchev–Trinajstić information content (AvgIpc) is 2.63. The summed E-state index contributed by atoms with van der Waals surface area (Å²) in [6, 6.07) is 18.0. The first-order valence-electron chi connectivity index (χ1n) is 8.49. The van der Waals surface area contributed by atoms with Crippen molar-refractivity contribution in [1.29, 1.82) is 0 Å². The van der Waals surface area contributed by atoms with Gasteiger partial charge >= 0.3 is 6.03 Å². The Balaban J connectivity index is 1.52. The maximum absolute atomic E-state index is 12.5. The van der Waals surface area contributed by atoms with Crippen LogP contribution in [0, 0.1) is 5.92 Å². The number of ether oxygens (including phenoxy) is 1. The molecular formula is C20H24N2O2. The van der Waals surface area contributed by atoms with Crippen LogP contribution in [0.2, 0.25) is 0 Å². The molecule has 0 bridgehead atoms. The summed E-state index contributed by atoms with van der Waals surface area (Å²) in [5.41, 5.74) is 2.10. The highest BCUT2D eigenvalue weighted by molar-refractivity contribution is 5.91. The number of likely N-dealkylation sites (tertiary alicyclic amines) is 1.